The highest BCUT2D eigenvalue weighted by Gasteiger charge is 2.28. The van der Waals surface area contributed by atoms with Crippen LogP contribution >= 0.6 is 0 Å². The topological polar surface area (TPSA) is 72.8 Å². The number of nitrogens with zero attached hydrogens (tertiary/aromatic N) is 5. The first kappa shape index (κ1) is 24.2. The van der Waals surface area contributed by atoms with Crippen LogP contribution in [0.4, 0.5) is 0 Å². The van der Waals surface area contributed by atoms with E-state index < -0.39 is 0 Å². The molecule has 1 unspecified atom stereocenters. The predicted octanol–water partition coefficient (Wildman–Crippen LogP) is 2.06. The van der Waals surface area contributed by atoms with E-state index in [1.807, 2.05) is 29.2 Å². The molecule has 2 heterocycles. The minimum absolute atomic E-state index is 0.0260. The summed E-state index contributed by atoms with van der Waals surface area (Å²) in [7, 11) is 5.79. The SMILES string of the molecule is COc1ccccc1C(=O)N1CCN(CC2=NC3CC=CC=C3C(NCCCN(C)C)=N2)CC1. The first-order valence-electron chi connectivity index (χ1n) is 12.1. The van der Waals surface area contributed by atoms with E-state index in [-0.39, 0.29) is 11.9 Å². The van der Waals surface area contributed by atoms with Gasteiger partial charge in [-0.2, -0.15) is 0 Å². The van der Waals surface area contributed by atoms with Crippen LogP contribution in [0, 0.1) is 0 Å². The number of aliphatic imine (C=N–C) groups is 2. The molecule has 3 aliphatic rings. The number of amides is 1. The predicted molar refractivity (Wildman–Crippen MR) is 137 cm³/mol. The normalized spacial score (nSPS) is 20.4. The number of hydrogen-bond donors (Lipinski definition) is 1. The first-order valence-corrected chi connectivity index (χ1v) is 12.1. The van der Waals surface area contributed by atoms with Gasteiger partial charge in [0.05, 0.1) is 25.3 Å². The van der Waals surface area contributed by atoms with E-state index in [4.69, 9.17) is 14.7 Å². The van der Waals surface area contributed by atoms with Crippen LogP contribution in [0.15, 0.2) is 58.1 Å². The van der Waals surface area contributed by atoms with Gasteiger partial charge < -0.3 is 19.9 Å². The number of allylic oxidation sites excluding steroid dienone is 2. The van der Waals surface area contributed by atoms with Crippen molar-refractivity contribution in [1.82, 2.24) is 20.0 Å². The summed E-state index contributed by atoms with van der Waals surface area (Å²) in [6, 6.07) is 7.56. The highest BCUT2D eigenvalue weighted by Crippen LogP contribution is 2.23. The zero-order chi connectivity index (χ0) is 23.9. The second-order valence-electron chi connectivity index (χ2n) is 9.16. The van der Waals surface area contributed by atoms with E-state index in [2.05, 4.69) is 47.4 Å². The summed E-state index contributed by atoms with van der Waals surface area (Å²) < 4.78 is 5.37. The second kappa shape index (κ2) is 11.4. The molecule has 0 radical (unpaired) electrons. The number of fused-ring (bicyclic) bond motifs is 1. The van der Waals surface area contributed by atoms with E-state index in [1.165, 1.54) is 5.57 Å². The molecule has 1 aromatic rings. The largest absolute Gasteiger partial charge is 0.496 e. The quantitative estimate of drug-likeness (QED) is 0.597. The number of ether oxygens (including phenoxy) is 1. The Labute approximate surface area is 202 Å². The fourth-order valence-electron chi connectivity index (χ4n) is 4.50. The molecule has 1 N–H and O–H groups in total. The average molecular weight is 465 g/mol. The van der Waals surface area contributed by atoms with Gasteiger partial charge in [-0.05, 0) is 45.6 Å². The number of amidine groups is 2. The molecule has 8 heteroatoms. The van der Waals surface area contributed by atoms with E-state index in [0.717, 1.165) is 50.7 Å². The van der Waals surface area contributed by atoms with Crippen molar-refractivity contribution in [2.24, 2.45) is 9.98 Å². The van der Waals surface area contributed by atoms with Gasteiger partial charge in [-0.1, -0.05) is 30.4 Å². The molecule has 4 rings (SSSR count). The Bertz CT molecular complexity index is 989. The third kappa shape index (κ3) is 5.93. The van der Waals surface area contributed by atoms with Gasteiger partial charge in [-0.25, -0.2) is 4.99 Å². The number of hydrogen-bond acceptors (Lipinski definition) is 7. The third-order valence-corrected chi connectivity index (χ3v) is 6.39. The maximum atomic E-state index is 13.0. The number of methoxy groups -OCH3 is 1. The molecule has 34 heavy (non-hydrogen) atoms. The standard InChI is InChI=1S/C26H36N6O2/c1-30(2)14-8-13-27-25-20-9-4-6-11-22(20)28-24(29-25)19-31-15-17-32(18-16-31)26(33)21-10-5-7-12-23(21)34-3/h4-7,9-10,12,22H,8,11,13-19H2,1-3H3,(H,27,28,29). The van der Waals surface area contributed by atoms with Gasteiger partial charge in [-0.15, -0.1) is 0 Å². The van der Waals surface area contributed by atoms with Crippen molar-refractivity contribution in [3.63, 3.8) is 0 Å². The van der Waals surface area contributed by atoms with Gasteiger partial charge in [0.25, 0.3) is 5.91 Å². The van der Waals surface area contributed by atoms with Gasteiger partial charge >= 0.3 is 0 Å². The summed E-state index contributed by atoms with van der Waals surface area (Å²) in [5.41, 5.74) is 1.80. The summed E-state index contributed by atoms with van der Waals surface area (Å²) >= 11 is 0. The van der Waals surface area contributed by atoms with Crippen molar-refractivity contribution >= 4 is 17.6 Å². The Morgan fingerprint density at radius 1 is 1.21 bits per heavy atom. The van der Waals surface area contributed by atoms with Crippen LogP contribution in [0.5, 0.6) is 5.75 Å². The summed E-state index contributed by atoms with van der Waals surface area (Å²) in [6.07, 6.45) is 8.38. The third-order valence-electron chi connectivity index (χ3n) is 6.39. The molecule has 1 aromatic carbocycles. The van der Waals surface area contributed by atoms with E-state index >= 15 is 0 Å². The van der Waals surface area contributed by atoms with Crippen LogP contribution in [0.25, 0.3) is 0 Å². The molecule has 2 aliphatic heterocycles. The number of carbonyl (C=O) groups excluding carboxylic acids is 1. The van der Waals surface area contributed by atoms with Gasteiger partial charge in [-0.3, -0.25) is 14.7 Å². The molecule has 0 aromatic heterocycles. The zero-order valence-corrected chi connectivity index (χ0v) is 20.5. The summed E-state index contributed by atoms with van der Waals surface area (Å²) in [6.45, 7) is 5.60. The number of piperazine rings is 1. The van der Waals surface area contributed by atoms with Crippen molar-refractivity contribution < 1.29 is 9.53 Å². The molecular formula is C26H36N6O2. The molecule has 1 amide bonds. The van der Waals surface area contributed by atoms with E-state index in [1.54, 1.807) is 7.11 Å². The second-order valence-corrected chi connectivity index (χ2v) is 9.16. The Kier molecular flexibility index (Phi) is 8.13. The highest BCUT2D eigenvalue weighted by molar-refractivity contribution is 6.09. The van der Waals surface area contributed by atoms with Crippen molar-refractivity contribution in [2.45, 2.75) is 18.9 Å². The van der Waals surface area contributed by atoms with Crippen molar-refractivity contribution in [1.29, 1.82) is 0 Å². The average Bonchev–Trinajstić information content (AvgIpc) is 2.86. The van der Waals surface area contributed by atoms with Crippen LogP contribution in [-0.4, -0.2) is 105 Å². The Hall–Kier alpha value is -2.97. The molecule has 1 atom stereocenters. The molecule has 1 fully saturated rings. The maximum absolute atomic E-state index is 13.0. The van der Waals surface area contributed by atoms with Crippen molar-refractivity contribution in [2.75, 3.05) is 67.0 Å². The minimum Gasteiger partial charge on any atom is -0.496 e. The molecular weight excluding hydrogens is 428 g/mol. The number of benzene rings is 1. The number of carbonyl (C=O) groups is 1. The number of para-hydroxylation sites is 1. The molecule has 1 aliphatic carbocycles. The molecule has 182 valence electrons. The highest BCUT2D eigenvalue weighted by atomic mass is 16.5. The van der Waals surface area contributed by atoms with Crippen LogP contribution in [0.3, 0.4) is 0 Å². The van der Waals surface area contributed by atoms with Crippen LogP contribution < -0.4 is 10.1 Å². The van der Waals surface area contributed by atoms with Crippen LogP contribution in [0.1, 0.15) is 23.2 Å². The summed E-state index contributed by atoms with van der Waals surface area (Å²) in [5, 5.41) is 3.55. The van der Waals surface area contributed by atoms with Crippen molar-refractivity contribution in [3.05, 3.63) is 53.6 Å². The van der Waals surface area contributed by atoms with Gasteiger partial charge in [0.1, 0.15) is 17.4 Å². The van der Waals surface area contributed by atoms with Gasteiger partial charge in [0.2, 0.25) is 0 Å². The number of rotatable bonds is 8. The molecule has 8 nitrogen and oxygen atoms in total. The zero-order valence-electron chi connectivity index (χ0n) is 20.5. The number of nitrogens with one attached hydrogen (secondary N) is 1. The van der Waals surface area contributed by atoms with Crippen LogP contribution in [0.2, 0.25) is 0 Å². The Morgan fingerprint density at radius 3 is 2.76 bits per heavy atom. The fourth-order valence-corrected chi connectivity index (χ4v) is 4.50. The smallest absolute Gasteiger partial charge is 0.257 e. The lowest BCUT2D eigenvalue weighted by Crippen LogP contribution is -2.50. The van der Waals surface area contributed by atoms with E-state index in [0.29, 0.717) is 30.9 Å². The lowest BCUT2D eigenvalue weighted by Gasteiger charge is -2.35. The maximum Gasteiger partial charge on any atom is 0.257 e. The molecule has 1 saturated heterocycles. The fraction of sp³-hybridized carbons (Fsp3) is 0.500. The first-order chi connectivity index (χ1) is 16.5. The monoisotopic (exact) mass is 464 g/mol. The molecule has 0 spiro atoms. The van der Waals surface area contributed by atoms with Gasteiger partial charge in [0.15, 0.2) is 0 Å². The summed E-state index contributed by atoms with van der Waals surface area (Å²) in [4.78, 5) is 29.3. The van der Waals surface area contributed by atoms with E-state index in [9.17, 15) is 4.79 Å². The van der Waals surface area contributed by atoms with Crippen LogP contribution in [-0.2, 0) is 0 Å². The molecule has 0 bridgehead atoms. The van der Waals surface area contributed by atoms with Gasteiger partial charge in [0, 0.05) is 38.3 Å². The Balaban J connectivity index is 1.35. The molecule has 0 saturated carbocycles. The van der Waals surface area contributed by atoms with Crippen molar-refractivity contribution in [3.8, 4) is 5.75 Å². The summed E-state index contributed by atoms with van der Waals surface area (Å²) in [5.74, 6) is 2.48. The lowest BCUT2D eigenvalue weighted by molar-refractivity contribution is 0.0650. The Morgan fingerprint density at radius 2 is 2.00 bits per heavy atom. The minimum atomic E-state index is 0.0260. The lowest BCUT2D eigenvalue weighted by atomic mass is 9.97.